The van der Waals surface area contributed by atoms with Crippen LogP contribution in [0.25, 0.3) is 0 Å². The van der Waals surface area contributed by atoms with Crippen molar-refractivity contribution < 1.29 is 14.3 Å². The Hall–Kier alpha value is -1.88. The molecule has 0 aliphatic heterocycles. The van der Waals surface area contributed by atoms with Crippen LogP contribution in [0, 0.1) is 6.92 Å². The van der Waals surface area contributed by atoms with E-state index in [1.807, 2.05) is 31.2 Å². The van der Waals surface area contributed by atoms with Crippen LogP contribution in [-0.4, -0.2) is 31.6 Å². The van der Waals surface area contributed by atoms with Crippen molar-refractivity contribution in [2.75, 3.05) is 25.0 Å². The van der Waals surface area contributed by atoms with E-state index in [2.05, 4.69) is 10.6 Å². The molecule has 5 heteroatoms. The molecule has 0 saturated heterocycles. The third-order valence-electron chi connectivity index (χ3n) is 2.43. The first-order valence-electron chi connectivity index (χ1n) is 6.34. The third-order valence-corrected chi connectivity index (χ3v) is 2.43. The van der Waals surface area contributed by atoms with Gasteiger partial charge in [-0.05, 0) is 26.0 Å². The summed E-state index contributed by atoms with van der Waals surface area (Å²) in [6.45, 7) is 4.74. The average Bonchev–Trinajstić information content (AvgIpc) is 2.38. The van der Waals surface area contributed by atoms with Crippen LogP contribution < -0.4 is 10.6 Å². The molecule has 1 amide bonds. The molecule has 0 aromatic heterocycles. The van der Waals surface area contributed by atoms with Crippen molar-refractivity contribution in [3.8, 4) is 0 Å². The van der Waals surface area contributed by atoms with Gasteiger partial charge in [0.2, 0.25) is 5.91 Å². The van der Waals surface area contributed by atoms with E-state index in [9.17, 15) is 9.59 Å². The molecule has 0 aliphatic rings. The summed E-state index contributed by atoms with van der Waals surface area (Å²) < 4.78 is 4.78. The van der Waals surface area contributed by atoms with Crippen LogP contribution in [0.15, 0.2) is 24.3 Å². The van der Waals surface area contributed by atoms with Gasteiger partial charge in [-0.2, -0.15) is 0 Å². The Morgan fingerprint density at radius 1 is 1.21 bits per heavy atom. The van der Waals surface area contributed by atoms with Gasteiger partial charge >= 0.3 is 5.97 Å². The zero-order chi connectivity index (χ0) is 14.1. The molecule has 104 valence electrons. The molecular formula is C14H20N2O3. The molecule has 0 aliphatic carbocycles. The highest BCUT2D eigenvalue weighted by atomic mass is 16.5. The number of amides is 1. The second-order valence-corrected chi connectivity index (χ2v) is 4.15. The molecule has 0 fully saturated rings. The largest absolute Gasteiger partial charge is 0.466 e. The Kier molecular flexibility index (Phi) is 6.60. The lowest BCUT2D eigenvalue weighted by Crippen LogP contribution is -2.29. The van der Waals surface area contributed by atoms with Gasteiger partial charge in [0.25, 0.3) is 0 Å². The summed E-state index contributed by atoms with van der Waals surface area (Å²) in [6, 6.07) is 7.57. The monoisotopic (exact) mass is 264 g/mol. The maximum Gasteiger partial charge on any atom is 0.307 e. The minimum Gasteiger partial charge on any atom is -0.466 e. The van der Waals surface area contributed by atoms with Gasteiger partial charge in [0.05, 0.1) is 19.6 Å². The fraction of sp³-hybridized carbons (Fsp3) is 0.429. The highest BCUT2D eigenvalue weighted by Crippen LogP contribution is 2.07. The molecule has 0 unspecified atom stereocenters. The minimum atomic E-state index is -0.256. The lowest BCUT2D eigenvalue weighted by atomic mass is 10.2. The summed E-state index contributed by atoms with van der Waals surface area (Å²) in [7, 11) is 0. The Labute approximate surface area is 113 Å². The number of anilines is 1. The van der Waals surface area contributed by atoms with E-state index in [1.54, 1.807) is 6.92 Å². The van der Waals surface area contributed by atoms with Gasteiger partial charge in [-0.3, -0.25) is 9.59 Å². The Bertz CT molecular complexity index is 415. The molecule has 2 N–H and O–H groups in total. The molecule has 1 rings (SSSR count). The van der Waals surface area contributed by atoms with Crippen LogP contribution in [0.1, 0.15) is 18.9 Å². The number of nitrogens with one attached hydrogen (secondary N) is 2. The van der Waals surface area contributed by atoms with E-state index in [0.717, 1.165) is 11.3 Å². The number of carbonyl (C=O) groups excluding carboxylic acids is 2. The summed E-state index contributed by atoms with van der Waals surface area (Å²) in [5, 5.41) is 5.66. The molecular weight excluding hydrogens is 244 g/mol. The van der Waals surface area contributed by atoms with Crippen molar-refractivity contribution in [3.63, 3.8) is 0 Å². The molecule has 0 radical (unpaired) electrons. The standard InChI is InChI=1S/C14H20N2O3/c1-3-19-14(18)8-9-15-10-13(17)16-12-6-4-11(2)5-7-12/h4-7,15H,3,8-10H2,1-2H3,(H,16,17). The first kappa shape index (κ1) is 15.2. The molecule has 0 heterocycles. The summed E-state index contributed by atoms with van der Waals surface area (Å²) in [5.74, 6) is -0.387. The number of ether oxygens (including phenoxy) is 1. The fourth-order valence-corrected chi connectivity index (χ4v) is 1.47. The number of carbonyl (C=O) groups is 2. The molecule has 0 spiro atoms. The van der Waals surface area contributed by atoms with Gasteiger partial charge in [-0.15, -0.1) is 0 Å². The predicted molar refractivity (Wildman–Crippen MR) is 73.9 cm³/mol. The van der Waals surface area contributed by atoms with E-state index in [4.69, 9.17) is 4.74 Å². The maximum absolute atomic E-state index is 11.6. The van der Waals surface area contributed by atoms with Crippen LogP contribution in [0.2, 0.25) is 0 Å². The van der Waals surface area contributed by atoms with Crippen molar-refractivity contribution in [2.45, 2.75) is 20.3 Å². The summed E-state index contributed by atoms with van der Waals surface area (Å²) in [6.07, 6.45) is 0.269. The maximum atomic E-state index is 11.6. The predicted octanol–water partition coefficient (Wildman–Crippen LogP) is 1.48. The first-order valence-corrected chi connectivity index (χ1v) is 6.34. The smallest absolute Gasteiger partial charge is 0.307 e. The molecule has 0 saturated carbocycles. The quantitative estimate of drug-likeness (QED) is 0.578. The van der Waals surface area contributed by atoms with E-state index < -0.39 is 0 Å². The Morgan fingerprint density at radius 3 is 2.53 bits per heavy atom. The number of rotatable bonds is 7. The number of hydrogen-bond donors (Lipinski definition) is 2. The van der Waals surface area contributed by atoms with Crippen LogP contribution in [0.5, 0.6) is 0 Å². The number of esters is 1. The highest BCUT2D eigenvalue weighted by Gasteiger charge is 2.04. The van der Waals surface area contributed by atoms with Crippen molar-refractivity contribution >= 4 is 17.6 Å². The number of aryl methyl sites for hydroxylation is 1. The van der Waals surface area contributed by atoms with Gasteiger partial charge in [-0.1, -0.05) is 17.7 Å². The van der Waals surface area contributed by atoms with E-state index in [1.165, 1.54) is 0 Å². The summed E-state index contributed by atoms with van der Waals surface area (Å²) >= 11 is 0. The normalized spacial score (nSPS) is 10.0. The molecule has 0 atom stereocenters. The van der Waals surface area contributed by atoms with Crippen molar-refractivity contribution in [1.82, 2.24) is 5.32 Å². The minimum absolute atomic E-state index is 0.132. The van der Waals surface area contributed by atoms with Gasteiger partial charge in [0, 0.05) is 12.2 Å². The van der Waals surface area contributed by atoms with Crippen LogP contribution in [0.3, 0.4) is 0 Å². The number of benzene rings is 1. The van der Waals surface area contributed by atoms with Gasteiger partial charge in [0.1, 0.15) is 0 Å². The average molecular weight is 264 g/mol. The second-order valence-electron chi connectivity index (χ2n) is 4.15. The number of hydrogen-bond acceptors (Lipinski definition) is 4. The van der Waals surface area contributed by atoms with Crippen LogP contribution in [0.4, 0.5) is 5.69 Å². The lowest BCUT2D eigenvalue weighted by Gasteiger charge is -2.07. The van der Waals surface area contributed by atoms with Gasteiger partial charge in [-0.25, -0.2) is 0 Å². The van der Waals surface area contributed by atoms with E-state index in [-0.39, 0.29) is 24.8 Å². The van der Waals surface area contributed by atoms with Crippen LogP contribution in [-0.2, 0) is 14.3 Å². The van der Waals surface area contributed by atoms with E-state index >= 15 is 0 Å². The highest BCUT2D eigenvalue weighted by molar-refractivity contribution is 5.92. The zero-order valence-electron chi connectivity index (χ0n) is 11.4. The van der Waals surface area contributed by atoms with Gasteiger partial charge < -0.3 is 15.4 Å². The van der Waals surface area contributed by atoms with Crippen LogP contribution >= 0.6 is 0 Å². The summed E-state index contributed by atoms with van der Waals surface area (Å²) in [4.78, 5) is 22.6. The molecule has 0 bridgehead atoms. The Balaban J connectivity index is 2.18. The zero-order valence-corrected chi connectivity index (χ0v) is 11.4. The van der Waals surface area contributed by atoms with E-state index in [0.29, 0.717) is 13.2 Å². The summed E-state index contributed by atoms with van der Waals surface area (Å²) in [5.41, 5.74) is 1.91. The molecule has 5 nitrogen and oxygen atoms in total. The SMILES string of the molecule is CCOC(=O)CCNCC(=O)Nc1ccc(C)cc1. The molecule has 19 heavy (non-hydrogen) atoms. The topological polar surface area (TPSA) is 67.4 Å². The van der Waals surface area contributed by atoms with Gasteiger partial charge in [0.15, 0.2) is 0 Å². The van der Waals surface area contributed by atoms with Crippen molar-refractivity contribution in [3.05, 3.63) is 29.8 Å². The van der Waals surface area contributed by atoms with Crippen molar-refractivity contribution in [1.29, 1.82) is 0 Å². The lowest BCUT2D eigenvalue weighted by molar-refractivity contribution is -0.143. The first-order chi connectivity index (χ1) is 9.11. The Morgan fingerprint density at radius 2 is 1.89 bits per heavy atom. The molecule has 1 aromatic carbocycles. The van der Waals surface area contributed by atoms with Crippen molar-refractivity contribution in [2.24, 2.45) is 0 Å². The second kappa shape index (κ2) is 8.26. The third kappa shape index (κ3) is 6.57. The molecule has 1 aromatic rings. The fourth-order valence-electron chi connectivity index (χ4n) is 1.47.